The summed E-state index contributed by atoms with van der Waals surface area (Å²) in [6.07, 6.45) is 2.39. The molecule has 4 rings (SSSR count). The number of rotatable bonds is 4. The summed E-state index contributed by atoms with van der Waals surface area (Å²) in [7, 11) is 0. The molecule has 0 saturated carbocycles. The molecule has 2 amide bonds. The molecule has 0 aromatic heterocycles. The van der Waals surface area contributed by atoms with Gasteiger partial charge in [0.2, 0.25) is 0 Å². The molecular formula is C21H18ClNO3. The second-order valence-corrected chi connectivity index (χ2v) is 6.99. The Bertz CT molecular complexity index is 874. The van der Waals surface area contributed by atoms with E-state index in [1.165, 1.54) is 0 Å². The van der Waals surface area contributed by atoms with E-state index in [9.17, 15) is 9.59 Å². The number of benzene rings is 2. The lowest BCUT2D eigenvalue weighted by Crippen LogP contribution is -2.32. The van der Waals surface area contributed by atoms with Crippen molar-refractivity contribution in [3.05, 3.63) is 81.9 Å². The van der Waals surface area contributed by atoms with Gasteiger partial charge < -0.3 is 0 Å². The minimum absolute atomic E-state index is 0.0412. The Morgan fingerprint density at radius 3 is 2.46 bits per heavy atom. The zero-order valence-electron chi connectivity index (χ0n) is 14.2. The molecule has 0 fully saturated rings. The lowest BCUT2D eigenvalue weighted by atomic mass is 9.79. The van der Waals surface area contributed by atoms with Crippen molar-refractivity contribution in [2.45, 2.75) is 31.8 Å². The molecule has 1 heterocycles. The average Bonchev–Trinajstić information content (AvgIpc) is 2.93. The summed E-state index contributed by atoms with van der Waals surface area (Å²) in [5.74, 6) is -0.687. The van der Waals surface area contributed by atoms with Gasteiger partial charge in [-0.25, -0.2) is 0 Å². The molecule has 1 aliphatic carbocycles. The van der Waals surface area contributed by atoms with Crippen molar-refractivity contribution in [3.63, 3.8) is 0 Å². The van der Waals surface area contributed by atoms with Crippen molar-refractivity contribution in [1.82, 2.24) is 5.06 Å². The molecule has 26 heavy (non-hydrogen) atoms. The van der Waals surface area contributed by atoms with Crippen LogP contribution in [0, 0.1) is 0 Å². The van der Waals surface area contributed by atoms with E-state index in [1.807, 2.05) is 42.5 Å². The minimum atomic E-state index is -0.326. The Balaban J connectivity index is 1.55. The van der Waals surface area contributed by atoms with Gasteiger partial charge in [-0.2, -0.15) is 0 Å². The van der Waals surface area contributed by atoms with Crippen molar-refractivity contribution >= 4 is 23.4 Å². The molecule has 1 atom stereocenters. The third-order valence-corrected chi connectivity index (χ3v) is 5.18. The maximum atomic E-state index is 12.9. The van der Waals surface area contributed by atoms with Crippen LogP contribution in [0.2, 0.25) is 5.02 Å². The summed E-state index contributed by atoms with van der Waals surface area (Å²) in [6, 6.07) is 17.0. The quantitative estimate of drug-likeness (QED) is 0.752. The van der Waals surface area contributed by atoms with E-state index in [0.29, 0.717) is 22.6 Å². The van der Waals surface area contributed by atoms with E-state index in [0.717, 1.165) is 29.0 Å². The summed E-state index contributed by atoms with van der Waals surface area (Å²) in [4.78, 5) is 31.2. The predicted molar refractivity (Wildman–Crippen MR) is 98.2 cm³/mol. The molecule has 5 heteroatoms. The number of hydrogen-bond donors (Lipinski definition) is 0. The van der Waals surface area contributed by atoms with Crippen molar-refractivity contribution in [1.29, 1.82) is 0 Å². The maximum Gasteiger partial charge on any atom is 0.282 e. The average molecular weight is 368 g/mol. The number of amides is 2. The molecular weight excluding hydrogens is 350 g/mol. The highest BCUT2D eigenvalue weighted by molar-refractivity contribution is 6.30. The second kappa shape index (κ2) is 7.06. The van der Waals surface area contributed by atoms with E-state index >= 15 is 0 Å². The summed E-state index contributed by atoms with van der Waals surface area (Å²) in [5, 5.41) is 1.56. The lowest BCUT2D eigenvalue weighted by Gasteiger charge is -2.22. The summed E-state index contributed by atoms with van der Waals surface area (Å²) in [6.45, 7) is 0.144. The van der Waals surface area contributed by atoms with Crippen molar-refractivity contribution in [3.8, 4) is 0 Å². The fraction of sp³-hybridized carbons (Fsp3) is 0.238. The van der Waals surface area contributed by atoms with Crippen molar-refractivity contribution < 1.29 is 14.4 Å². The molecule has 0 N–H and O–H groups in total. The van der Waals surface area contributed by atoms with Gasteiger partial charge in [-0.3, -0.25) is 14.4 Å². The number of hydroxylamine groups is 2. The van der Waals surface area contributed by atoms with Crippen LogP contribution in [0.1, 0.15) is 36.3 Å². The largest absolute Gasteiger partial charge is 0.282 e. The first-order chi connectivity index (χ1) is 12.6. The van der Waals surface area contributed by atoms with Crippen LogP contribution in [0.3, 0.4) is 0 Å². The van der Waals surface area contributed by atoms with Gasteiger partial charge in [0, 0.05) is 22.1 Å². The summed E-state index contributed by atoms with van der Waals surface area (Å²) in [5.41, 5.74) is 3.12. The molecule has 2 aromatic rings. The first kappa shape index (κ1) is 17.0. The van der Waals surface area contributed by atoms with E-state index in [4.69, 9.17) is 16.4 Å². The first-order valence-corrected chi connectivity index (χ1v) is 9.07. The number of nitrogens with zero attached hydrogens (tertiary/aromatic N) is 1. The predicted octanol–water partition coefficient (Wildman–Crippen LogP) is 4.40. The Kier molecular flexibility index (Phi) is 4.62. The van der Waals surface area contributed by atoms with Gasteiger partial charge in [-0.15, -0.1) is 5.06 Å². The molecule has 132 valence electrons. The second-order valence-electron chi connectivity index (χ2n) is 6.55. The van der Waals surface area contributed by atoms with Gasteiger partial charge in [0.1, 0.15) is 6.61 Å². The van der Waals surface area contributed by atoms with Gasteiger partial charge in [0.05, 0.1) is 0 Å². The van der Waals surface area contributed by atoms with Crippen LogP contribution < -0.4 is 0 Å². The molecule has 0 radical (unpaired) electrons. The number of halogens is 1. The maximum absolute atomic E-state index is 12.9. The highest BCUT2D eigenvalue weighted by atomic mass is 35.5. The van der Waals surface area contributed by atoms with Crippen LogP contribution in [0.25, 0.3) is 0 Å². The smallest absolute Gasteiger partial charge is 0.267 e. The zero-order chi connectivity index (χ0) is 18.1. The highest BCUT2D eigenvalue weighted by Gasteiger charge is 2.44. The van der Waals surface area contributed by atoms with Gasteiger partial charge in [0.25, 0.3) is 11.8 Å². The zero-order valence-corrected chi connectivity index (χ0v) is 14.9. The Hall–Kier alpha value is -2.43. The van der Waals surface area contributed by atoms with Crippen LogP contribution in [0.4, 0.5) is 0 Å². The molecule has 0 bridgehead atoms. The van der Waals surface area contributed by atoms with Gasteiger partial charge >= 0.3 is 0 Å². The highest BCUT2D eigenvalue weighted by Crippen LogP contribution is 2.42. The SMILES string of the molecule is O=C1C2=C(C(=O)N1OCc1ccc(Cl)cc1)C(c1ccccc1)CCC2. The van der Waals surface area contributed by atoms with Crippen LogP contribution in [0.5, 0.6) is 0 Å². The van der Waals surface area contributed by atoms with E-state index in [2.05, 4.69) is 0 Å². The number of hydrogen-bond acceptors (Lipinski definition) is 3. The Morgan fingerprint density at radius 1 is 1.00 bits per heavy atom. The van der Waals surface area contributed by atoms with Crippen molar-refractivity contribution in [2.75, 3.05) is 0 Å². The van der Waals surface area contributed by atoms with Crippen LogP contribution in [-0.2, 0) is 21.0 Å². The number of imide groups is 1. The van der Waals surface area contributed by atoms with E-state index in [1.54, 1.807) is 12.1 Å². The Morgan fingerprint density at radius 2 is 1.73 bits per heavy atom. The van der Waals surface area contributed by atoms with Gasteiger partial charge in [-0.1, -0.05) is 54.1 Å². The van der Waals surface area contributed by atoms with Crippen LogP contribution in [-0.4, -0.2) is 16.9 Å². The third kappa shape index (κ3) is 3.06. The van der Waals surface area contributed by atoms with E-state index in [-0.39, 0.29) is 24.3 Å². The number of carbonyl (C=O) groups excluding carboxylic acids is 2. The molecule has 0 saturated heterocycles. The summed E-state index contributed by atoms with van der Waals surface area (Å²) >= 11 is 5.88. The van der Waals surface area contributed by atoms with Crippen LogP contribution in [0.15, 0.2) is 65.7 Å². The third-order valence-electron chi connectivity index (χ3n) is 4.93. The summed E-state index contributed by atoms with van der Waals surface area (Å²) < 4.78 is 0. The molecule has 0 spiro atoms. The molecule has 1 aliphatic heterocycles. The molecule has 4 nitrogen and oxygen atoms in total. The number of carbonyl (C=O) groups is 2. The van der Waals surface area contributed by atoms with E-state index < -0.39 is 0 Å². The topological polar surface area (TPSA) is 46.6 Å². The molecule has 2 aromatic carbocycles. The van der Waals surface area contributed by atoms with Gasteiger partial charge in [0.15, 0.2) is 0 Å². The fourth-order valence-electron chi connectivity index (χ4n) is 3.65. The van der Waals surface area contributed by atoms with Crippen LogP contribution >= 0.6 is 11.6 Å². The van der Waals surface area contributed by atoms with Crippen molar-refractivity contribution in [2.24, 2.45) is 0 Å². The Labute approximate surface area is 157 Å². The normalized spacial score (nSPS) is 19.9. The monoisotopic (exact) mass is 367 g/mol. The first-order valence-electron chi connectivity index (χ1n) is 8.69. The lowest BCUT2D eigenvalue weighted by molar-refractivity contribution is -0.190. The molecule has 2 aliphatic rings. The molecule has 1 unspecified atom stereocenters. The fourth-order valence-corrected chi connectivity index (χ4v) is 3.78. The van der Waals surface area contributed by atoms with Gasteiger partial charge in [-0.05, 0) is 42.5 Å². The standard InChI is InChI=1S/C21H18ClNO3/c22-16-11-9-14(10-12-16)13-26-23-20(24)18-8-4-7-17(19(18)21(23)25)15-5-2-1-3-6-15/h1-3,5-6,9-12,17H,4,7-8,13H2. The minimum Gasteiger partial charge on any atom is -0.267 e.